The van der Waals surface area contributed by atoms with Crippen molar-refractivity contribution in [1.82, 2.24) is 14.9 Å². The number of nitrogens with zero attached hydrogens (tertiary/aromatic N) is 2. The van der Waals surface area contributed by atoms with Crippen LogP contribution in [0.1, 0.15) is 58.1 Å². The fraction of sp³-hybridized carbons (Fsp3) is 0.786. The van der Waals surface area contributed by atoms with E-state index in [2.05, 4.69) is 34.9 Å². The standard InChI is InChI=1S/C14H27N3/c1-3-5-6-7-8-10-17-12-14(16-13-17)11-15-9-4-2/h12-13,15H,3-11H2,1-2H3. The summed E-state index contributed by atoms with van der Waals surface area (Å²) in [4.78, 5) is 4.40. The first-order valence-electron chi connectivity index (χ1n) is 7.08. The molecule has 3 nitrogen and oxygen atoms in total. The van der Waals surface area contributed by atoms with Crippen molar-refractivity contribution in [2.75, 3.05) is 6.54 Å². The van der Waals surface area contributed by atoms with Crippen LogP contribution in [0.25, 0.3) is 0 Å². The van der Waals surface area contributed by atoms with E-state index in [4.69, 9.17) is 0 Å². The fourth-order valence-corrected chi connectivity index (χ4v) is 1.91. The van der Waals surface area contributed by atoms with Gasteiger partial charge in [-0.25, -0.2) is 4.98 Å². The Hall–Kier alpha value is -0.830. The summed E-state index contributed by atoms with van der Waals surface area (Å²) in [6, 6.07) is 0. The molecule has 1 heterocycles. The Morgan fingerprint density at radius 2 is 1.94 bits per heavy atom. The Labute approximate surface area is 106 Å². The van der Waals surface area contributed by atoms with Crippen molar-refractivity contribution in [3.8, 4) is 0 Å². The second-order valence-corrected chi connectivity index (χ2v) is 4.69. The molecule has 0 radical (unpaired) electrons. The van der Waals surface area contributed by atoms with E-state index in [-0.39, 0.29) is 0 Å². The fourth-order valence-electron chi connectivity index (χ4n) is 1.91. The normalized spacial score (nSPS) is 10.9. The first kappa shape index (κ1) is 14.2. The van der Waals surface area contributed by atoms with E-state index in [0.29, 0.717) is 0 Å². The Morgan fingerprint density at radius 3 is 2.71 bits per heavy atom. The Balaban J connectivity index is 2.12. The summed E-state index contributed by atoms with van der Waals surface area (Å²) in [6.07, 6.45) is 12.0. The first-order valence-corrected chi connectivity index (χ1v) is 7.08. The summed E-state index contributed by atoms with van der Waals surface area (Å²) in [7, 11) is 0. The van der Waals surface area contributed by atoms with Crippen LogP contribution in [0.15, 0.2) is 12.5 Å². The SMILES string of the molecule is CCCCCCCn1cnc(CNCCC)c1. The zero-order valence-electron chi connectivity index (χ0n) is 11.4. The number of aryl methyl sites for hydroxylation is 1. The van der Waals surface area contributed by atoms with Crippen molar-refractivity contribution in [3.63, 3.8) is 0 Å². The lowest BCUT2D eigenvalue weighted by atomic mass is 10.1. The third kappa shape index (κ3) is 6.47. The number of hydrogen-bond donors (Lipinski definition) is 1. The van der Waals surface area contributed by atoms with Crippen LogP contribution in [-0.4, -0.2) is 16.1 Å². The summed E-state index contributed by atoms with van der Waals surface area (Å²) in [6.45, 7) is 7.53. The molecule has 0 spiro atoms. The van der Waals surface area contributed by atoms with Crippen LogP contribution in [0.3, 0.4) is 0 Å². The molecule has 0 saturated heterocycles. The number of rotatable bonds is 10. The number of nitrogens with one attached hydrogen (secondary N) is 1. The van der Waals surface area contributed by atoms with Gasteiger partial charge in [0.05, 0.1) is 12.0 Å². The van der Waals surface area contributed by atoms with Gasteiger partial charge in [-0.15, -0.1) is 0 Å². The van der Waals surface area contributed by atoms with Gasteiger partial charge in [0.2, 0.25) is 0 Å². The van der Waals surface area contributed by atoms with Gasteiger partial charge < -0.3 is 9.88 Å². The predicted octanol–water partition coefficient (Wildman–Crippen LogP) is 3.35. The molecule has 1 rings (SSSR count). The zero-order chi connectivity index (χ0) is 12.3. The molecular weight excluding hydrogens is 210 g/mol. The average Bonchev–Trinajstić information content (AvgIpc) is 2.77. The van der Waals surface area contributed by atoms with E-state index >= 15 is 0 Å². The molecule has 0 unspecified atom stereocenters. The van der Waals surface area contributed by atoms with Crippen LogP contribution >= 0.6 is 0 Å². The van der Waals surface area contributed by atoms with Crippen molar-refractivity contribution < 1.29 is 0 Å². The summed E-state index contributed by atoms with van der Waals surface area (Å²) in [5, 5.41) is 3.37. The molecule has 1 N–H and O–H groups in total. The molecule has 1 aromatic rings. The van der Waals surface area contributed by atoms with Gasteiger partial charge in [-0.3, -0.25) is 0 Å². The Kier molecular flexibility index (Phi) is 7.72. The molecule has 3 heteroatoms. The highest BCUT2D eigenvalue weighted by Gasteiger charge is 1.98. The maximum Gasteiger partial charge on any atom is 0.0949 e. The van der Waals surface area contributed by atoms with Crippen LogP contribution in [0.5, 0.6) is 0 Å². The van der Waals surface area contributed by atoms with Crippen molar-refractivity contribution >= 4 is 0 Å². The zero-order valence-corrected chi connectivity index (χ0v) is 11.4. The molecule has 1 aromatic heterocycles. The Bertz CT molecular complexity index is 281. The highest BCUT2D eigenvalue weighted by atomic mass is 15.0. The maximum atomic E-state index is 4.40. The third-order valence-corrected chi connectivity index (χ3v) is 2.94. The van der Waals surface area contributed by atoms with Gasteiger partial charge in [-0.2, -0.15) is 0 Å². The van der Waals surface area contributed by atoms with Crippen molar-refractivity contribution in [3.05, 3.63) is 18.2 Å². The van der Waals surface area contributed by atoms with E-state index in [0.717, 1.165) is 25.3 Å². The molecular formula is C14H27N3. The van der Waals surface area contributed by atoms with Crippen LogP contribution in [-0.2, 0) is 13.1 Å². The molecule has 0 aromatic carbocycles. The van der Waals surface area contributed by atoms with E-state index in [1.54, 1.807) is 0 Å². The molecule has 0 aliphatic rings. The van der Waals surface area contributed by atoms with E-state index in [1.165, 1.54) is 38.5 Å². The molecule has 17 heavy (non-hydrogen) atoms. The molecule has 0 fully saturated rings. The van der Waals surface area contributed by atoms with Gasteiger partial charge in [-0.1, -0.05) is 39.5 Å². The lowest BCUT2D eigenvalue weighted by Gasteiger charge is -2.01. The minimum Gasteiger partial charge on any atom is -0.337 e. The molecule has 0 amide bonds. The minimum absolute atomic E-state index is 0.899. The highest BCUT2D eigenvalue weighted by molar-refractivity contribution is 4.95. The van der Waals surface area contributed by atoms with Crippen molar-refractivity contribution in [1.29, 1.82) is 0 Å². The smallest absolute Gasteiger partial charge is 0.0949 e. The molecule has 0 aliphatic heterocycles. The topological polar surface area (TPSA) is 29.9 Å². The summed E-state index contributed by atoms with van der Waals surface area (Å²) < 4.78 is 2.22. The molecule has 0 aliphatic carbocycles. The summed E-state index contributed by atoms with van der Waals surface area (Å²) in [5.74, 6) is 0. The van der Waals surface area contributed by atoms with Gasteiger partial charge in [0.1, 0.15) is 0 Å². The van der Waals surface area contributed by atoms with Gasteiger partial charge >= 0.3 is 0 Å². The maximum absolute atomic E-state index is 4.40. The number of imidazole rings is 1. The molecule has 0 saturated carbocycles. The lowest BCUT2D eigenvalue weighted by Crippen LogP contribution is -2.13. The van der Waals surface area contributed by atoms with Gasteiger partial charge in [0.25, 0.3) is 0 Å². The van der Waals surface area contributed by atoms with Crippen molar-refractivity contribution in [2.24, 2.45) is 0 Å². The van der Waals surface area contributed by atoms with Crippen LogP contribution in [0, 0.1) is 0 Å². The predicted molar refractivity (Wildman–Crippen MR) is 73.0 cm³/mol. The van der Waals surface area contributed by atoms with Crippen LogP contribution in [0.4, 0.5) is 0 Å². The second-order valence-electron chi connectivity index (χ2n) is 4.69. The molecule has 0 atom stereocenters. The highest BCUT2D eigenvalue weighted by Crippen LogP contribution is 2.05. The van der Waals surface area contributed by atoms with E-state index in [9.17, 15) is 0 Å². The first-order chi connectivity index (χ1) is 8.36. The quantitative estimate of drug-likeness (QED) is 0.632. The van der Waals surface area contributed by atoms with Gasteiger partial charge in [-0.05, 0) is 19.4 Å². The number of hydrogen-bond acceptors (Lipinski definition) is 2. The van der Waals surface area contributed by atoms with Crippen molar-refractivity contribution in [2.45, 2.75) is 65.5 Å². The van der Waals surface area contributed by atoms with E-state index in [1.807, 2.05) is 6.33 Å². The minimum atomic E-state index is 0.899. The molecule has 98 valence electrons. The number of unbranched alkanes of at least 4 members (excludes halogenated alkanes) is 4. The summed E-state index contributed by atoms with van der Waals surface area (Å²) >= 11 is 0. The van der Waals surface area contributed by atoms with E-state index < -0.39 is 0 Å². The number of aromatic nitrogens is 2. The summed E-state index contributed by atoms with van der Waals surface area (Å²) in [5.41, 5.74) is 1.16. The largest absolute Gasteiger partial charge is 0.337 e. The lowest BCUT2D eigenvalue weighted by molar-refractivity contribution is 0.567. The second kappa shape index (κ2) is 9.23. The average molecular weight is 237 g/mol. The van der Waals surface area contributed by atoms with Gasteiger partial charge in [0, 0.05) is 19.3 Å². The Morgan fingerprint density at radius 1 is 1.12 bits per heavy atom. The van der Waals surface area contributed by atoms with Crippen LogP contribution in [0.2, 0.25) is 0 Å². The monoisotopic (exact) mass is 237 g/mol. The van der Waals surface area contributed by atoms with Gasteiger partial charge in [0.15, 0.2) is 0 Å². The third-order valence-electron chi connectivity index (χ3n) is 2.94. The molecule has 0 bridgehead atoms. The van der Waals surface area contributed by atoms with Crippen LogP contribution < -0.4 is 5.32 Å².